The van der Waals surface area contributed by atoms with Crippen LogP contribution < -0.4 is 5.56 Å². The monoisotopic (exact) mass is 378 g/mol. The zero-order chi connectivity index (χ0) is 20.5. The van der Waals surface area contributed by atoms with Gasteiger partial charge in [-0.2, -0.15) is 0 Å². The fourth-order valence-electron chi connectivity index (χ4n) is 3.19. The van der Waals surface area contributed by atoms with E-state index in [1.165, 1.54) is 16.3 Å². The van der Waals surface area contributed by atoms with Gasteiger partial charge >= 0.3 is 0 Å². The highest BCUT2D eigenvalue weighted by Crippen LogP contribution is 2.18. The lowest BCUT2D eigenvalue weighted by Crippen LogP contribution is -2.12. The predicted octanol–water partition coefficient (Wildman–Crippen LogP) is 5.11. The first-order valence-corrected chi connectivity index (χ1v) is 10.0. The summed E-state index contributed by atoms with van der Waals surface area (Å²) >= 11 is 0. The van der Waals surface area contributed by atoms with Gasteiger partial charge in [-0.15, -0.1) is 10.2 Å². The van der Waals surface area contributed by atoms with Gasteiger partial charge < -0.3 is 0 Å². The van der Waals surface area contributed by atoms with E-state index in [1.807, 2.05) is 25.2 Å². The molecule has 0 spiro atoms. The van der Waals surface area contributed by atoms with Gasteiger partial charge in [-0.25, -0.2) is 0 Å². The summed E-state index contributed by atoms with van der Waals surface area (Å²) in [6.07, 6.45) is 2.97. The van der Waals surface area contributed by atoms with Gasteiger partial charge in [-0.1, -0.05) is 76.6 Å². The van der Waals surface area contributed by atoms with Crippen LogP contribution in [0.3, 0.4) is 0 Å². The molecule has 0 saturated carbocycles. The molecule has 5 nitrogen and oxygen atoms in total. The van der Waals surface area contributed by atoms with E-state index in [0.29, 0.717) is 5.78 Å². The molecule has 0 unspecified atom stereocenters. The Hall–Kier alpha value is -2.95. The minimum absolute atomic E-state index is 0.117. The Morgan fingerprint density at radius 1 is 1.00 bits per heavy atom. The van der Waals surface area contributed by atoms with E-state index < -0.39 is 0 Å². The van der Waals surface area contributed by atoms with Gasteiger partial charge in [0.2, 0.25) is 5.78 Å². The van der Waals surface area contributed by atoms with E-state index >= 15 is 0 Å². The lowest BCUT2D eigenvalue weighted by molar-refractivity contribution is 0.830. The molecule has 28 heavy (non-hydrogen) atoms. The van der Waals surface area contributed by atoms with Crippen LogP contribution in [0, 0.1) is 6.92 Å². The zero-order valence-corrected chi connectivity index (χ0v) is 17.5. The molecule has 0 aliphatic heterocycles. The summed E-state index contributed by atoms with van der Waals surface area (Å²) < 4.78 is 1.88. The maximum Gasteiger partial charge on any atom is 0.252 e. The summed E-state index contributed by atoms with van der Waals surface area (Å²) in [5.41, 5.74) is 2.29. The van der Waals surface area contributed by atoms with Crippen molar-refractivity contribution in [3.8, 4) is 0 Å². The van der Waals surface area contributed by atoms with Crippen molar-refractivity contribution in [2.45, 2.75) is 53.9 Å². The molecule has 2 heterocycles. The molecule has 0 saturated heterocycles. The molecule has 2 aromatic heterocycles. The van der Waals surface area contributed by atoms with Crippen LogP contribution in [0.5, 0.6) is 0 Å². The van der Waals surface area contributed by atoms with Crippen LogP contribution in [0.4, 0.5) is 0 Å². The maximum absolute atomic E-state index is 11.3. The zero-order valence-electron chi connectivity index (χ0n) is 17.5. The van der Waals surface area contributed by atoms with Crippen molar-refractivity contribution >= 4 is 16.6 Å². The molecule has 0 bridgehead atoms. The summed E-state index contributed by atoms with van der Waals surface area (Å²) in [5.74, 6) is 1.33. The third-order valence-electron chi connectivity index (χ3n) is 4.41. The molecule has 0 aliphatic carbocycles. The summed E-state index contributed by atoms with van der Waals surface area (Å²) in [6.45, 7) is 10.1. The first-order chi connectivity index (χ1) is 13.6. The number of nitrogens with one attached hydrogen (secondary N) is 1. The highest BCUT2D eigenvalue weighted by atomic mass is 16.1. The Bertz CT molecular complexity index is 1070. The topological polar surface area (TPSA) is 63.0 Å². The van der Waals surface area contributed by atoms with Gasteiger partial charge in [0, 0.05) is 11.8 Å². The van der Waals surface area contributed by atoms with Crippen LogP contribution >= 0.6 is 0 Å². The number of hydrogen-bond donors (Lipinski definition) is 1. The van der Waals surface area contributed by atoms with Crippen LogP contribution in [0.2, 0.25) is 0 Å². The molecular weight excluding hydrogens is 348 g/mol. The molecule has 4 aromatic rings. The Morgan fingerprint density at radius 3 is 2.43 bits per heavy atom. The second kappa shape index (κ2) is 10.4. The molecule has 2 aromatic carbocycles. The molecule has 0 aliphatic rings. The number of benzene rings is 2. The number of aromatic nitrogens is 4. The molecule has 1 N–H and O–H groups in total. The lowest BCUT2D eigenvalue weighted by Gasteiger charge is -2.02. The quantitative estimate of drug-likeness (QED) is 0.539. The average molecular weight is 379 g/mol. The van der Waals surface area contributed by atoms with Crippen LogP contribution in [-0.4, -0.2) is 19.6 Å². The molecule has 0 radical (unpaired) electrons. The third kappa shape index (κ3) is 4.85. The van der Waals surface area contributed by atoms with Crippen LogP contribution in [0.1, 0.15) is 51.2 Å². The van der Waals surface area contributed by atoms with E-state index in [0.717, 1.165) is 30.8 Å². The summed E-state index contributed by atoms with van der Waals surface area (Å²) in [6, 6.07) is 16.6. The summed E-state index contributed by atoms with van der Waals surface area (Å²) in [7, 11) is 0. The van der Waals surface area contributed by atoms with Gasteiger partial charge in [0.1, 0.15) is 5.82 Å². The first kappa shape index (κ1) is 21.4. The molecule has 5 heteroatoms. The highest BCUT2D eigenvalue weighted by Gasteiger charge is 2.06. The van der Waals surface area contributed by atoms with E-state index in [-0.39, 0.29) is 5.56 Å². The van der Waals surface area contributed by atoms with Gasteiger partial charge in [0.05, 0.1) is 0 Å². The van der Waals surface area contributed by atoms with E-state index in [2.05, 4.69) is 71.5 Å². The second-order valence-corrected chi connectivity index (χ2v) is 6.27. The van der Waals surface area contributed by atoms with Crippen molar-refractivity contribution < 1.29 is 0 Å². The van der Waals surface area contributed by atoms with Gasteiger partial charge in [0.25, 0.3) is 5.56 Å². The molecule has 4 rings (SSSR count). The largest absolute Gasteiger partial charge is 0.291 e. The van der Waals surface area contributed by atoms with Crippen LogP contribution in [-0.2, 0) is 12.8 Å². The number of aromatic amines is 1. The Morgan fingerprint density at radius 2 is 1.71 bits per heavy atom. The fourth-order valence-corrected chi connectivity index (χ4v) is 3.19. The SMILES string of the molecule is CC.CCCc1cc(=O)[nH]c2nnc(C)n12.CCc1cccc2ccccc12. The molecule has 0 fully saturated rings. The van der Waals surface area contributed by atoms with E-state index in [4.69, 9.17) is 0 Å². The van der Waals surface area contributed by atoms with Crippen molar-refractivity contribution in [1.29, 1.82) is 0 Å². The van der Waals surface area contributed by atoms with E-state index in [1.54, 1.807) is 6.07 Å². The molecular formula is C23H30N4O. The Kier molecular flexibility index (Phi) is 7.93. The fraction of sp³-hybridized carbons (Fsp3) is 0.348. The number of aryl methyl sites for hydroxylation is 3. The minimum atomic E-state index is -0.117. The lowest BCUT2D eigenvalue weighted by atomic mass is 10.0. The number of rotatable bonds is 3. The first-order valence-electron chi connectivity index (χ1n) is 10.0. The van der Waals surface area contributed by atoms with Gasteiger partial charge in [-0.3, -0.25) is 14.2 Å². The van der Waals surface area contributed by atoms with E-state index in [9.17, 15) is 4.79 Å². The van der Waals surface area contributed by atoms with Crippen molar-refractivity contribution in [2.24, 2.45) is 0 Å². The second-order valence-electron chi connectivity index (χ2n) is 6.27. The summed E-state index contributed by atoms with van der Waals surface area (Å²) in [4.78, 5) is 13.9. The standard InChI is InChI=1S/C12H12.C9H12N4O.C2H6/c1-2-10-7-5-8-11-6-3-4-9-12(10)11;1-3-4-7-5-8(14)10-9-12-11-6(2)13(7)9;1-2/h3-9H,2H2,1H3;5H,3-4H2,1-2H3,(H,10,12,14);1-2H3. The van der Waals surface area contributed by atoms with Gasteiger partial charge in [-0.05, 0) is 36.1 Å². The number of fused-ring (bicyclic) bond motifs is 2. The summed E-state index contributed by atoms with van der Waals surface area (Å²) in [5, 5.41) is 10.5. The third-order valence-corrected chi connectivity index (χ3v) is 4.41. The number of nitrogens with zero attached hydrogens (tertiary/aromatic N) is 3. The van der Waals surface area contributed by atoms with Gasteiger partial charge in [0.15, 0.2) is 0 Å². The van der Waals surface area contributed by atoms with Crippen molar-refractivity contribution in [2.75, 3.05) is 0 Å². The Balaban J connectivity index is 0.000000186. The number of H-pyrrole nitrogens is 1. The van der Waals surface area contributed by atoms with Crippen molar-refractivity contribution in [3.63, 3.8) is 0 Å². The van der Waals surface area contributed by atoms with Crippen molar-refractivity contribution in [1.82, 2.24) is 19.6 Å². The van der Waals surface area contributed by atoms with Crippen molar-refractivity contribution in [3.05, 3.63) is 76.0 Å². The van der Waals surface area contributed by atoms with Crippen LogP contribution in [0.15, 0.2) is 53.3 Å². The smallest absolute Gasteiger partial charge is 0.252 e. The highest BCUT2D eigenvalue weighted by molar-refractivity contribution is 5.85. The molecule has 148 valence electrons. The predicted molar refractivity (Wildman–Crippen MR) is 117 cm³/mol. The average Bonchev–Trinajstić information content (AvgIpc) is 3.10. The Labute approximate surface area is 166 Å². The normalized spacial score (nSPS) is 10.2. The number of hydrogen-bond acceptors (Lipinski definition) is 3. The molecule has 0 atom stereocenters. The molecule has 0 amide bonds. The minimum Gasteiger partial charge on any atom is -0.291 e. The maximum atomic E-state index is 11.3. The van der Waals surface area contributed by atoms with Crippen LogP contribution in [0.25, 0.3) is 16.6 Å².